The Balaban J connectivity index is 1.30. The molecule has 1 aliphatic rings. The molecule has 0 fully saturated rings. The monoisotopic (exact) mass is 415 g/mol. The molecule has 6 heteroatoms. The van der Waals surface area contributed by atoms with Gasteiger partial charge in [-0.1, -0.05) is 48.5 Å². The summed E-state index contributed by atoms with van der Waals surface area (Å²) < 4.78 is 5.57. The third-order valence-corrected chi connectivity index (χ3v) is 5.19. The van der Waals surface area contributed by atoms with Gasteiger partial charge >= 0.3 is 6.03 Å². The molecule has 0 radical (unpaired) electrons. The minimum Gasteiger partial charge on any atom is -0.484 e. The number of amides is 3. The van der Waals surface area contributed by atoms with Crippen LogP contribution in [0, 0.1) is 0 Å². The molecule has 3 aromatic rings. The van der Waals surface area contributed by atoms with Gasteiger partial charge < -0.3 is 20.7 Å². The first-order valence-electron chi connectivity index (χ1n) is 10.4. The van der Waals surface area contributed by atoms with Gasteiger partial charge in [-0.15, -0.1) is 0 Å². The number of benzene rings is 3. The van der Waals surface area contributed by atoms with E-state index in [1.165, 1.54) is 11.1 Å². The number of fused-ring (bicyclic) bond motifs is 1. The molecule has 0 saturated carbocycles. The van der Waals surface area contributed by atoms with Crippen LogP contribution < -0.4 is 20.7 Å². The van der Waals surface area contributed by atoms with Gasteiger partial charge in [-0.25, -0.2) is 4.79 Å². The lowest BCUT2D eigenvalue weighted by Crippen LogP contribution is -2.34. The summed E-state index contributed by atoms with van der Waals surface area (Å²) in [6, 6.07) is 24.2. The van der Waals surface area contributed by atoms with Gasteiger partial charge in [0.05, 0.1) is 6.04 Å². The molecule has 1 aliphatic carbocycles. The van der Waals surface area contributed by atoms with E-state index in [1.807, 2.05) is 42.5 Å². The quantitative estimate of drug-likeness (QED) is 0.536. The largest absolute Gasteiger partial charge is 0.484 e. The molecule has 0 aromatic heterocycles. The number of rotatable bonds is 6. The van der Waals surface area contributed by atoms with Gasteiger partial charge in [-0.2, -0.15) is 0 Å². The summed E-state index contributed by atoms with van der Waals surface area (Å²) in [5, 5.41) is 8.69. The summed E-state index contributed by atoms with van der Waals surface area (Å²) in [4.78, 5) is 24.6. The number of carbonyl (C=O) groups is 2. The fraction of sp³-hybridized carbons (Fsp3) is 0.200. The summed E-state index contributed by atoms with van der Waals surface area (Å²) in [5.41, 5.74) is 3.80. The lowest BCUT2D eigenvalue weighted by Gasteiger charge is -2.26. The number of hydrogen-bond acceptors (Lipinski definition) is 3. The molecule has 4 rings (SSSR count). The first kappa shape index (κ1) is 20.5. The Morgan fingerprint density at radius 1 is 0.871 bits per heavy atom. The van der Waals surface area contributed by atoms with E-state index in [9.17, 15) is 9.59 Å². The Morgan fingerprint density at radius 2 is 1.65 bits per heavy atom. The van der Waals surface area contributed by atoms with Crippen LogP contribution in [0.5, 0.6) is 5.75 Å². The molecule has 3 amide bonds. The Bertz CT molecular complexity index is 1050. The number of ether oxygens (including phenoxy) is 1. The van der Waals surface area contributed by atoms with Gasteiger partial charge in [0.15, 0.2) is 6.61 Å². The Kier molecular flexibility index (Phi) is 6.47. The van der Waals surface area contributed by atoms with Crippen LogP contribution in [0.15, 0.2) is 78.9 Å². The molecule has 0 heterocycles. The van der Waals surface area contributed by atoms with Gasteiger partial charge in [-0.3, -0.25) is 4.79 Å². The van der Waals surface area contributed by atoms with Crippen LogP contribution in [0.25, 0.3) is 0 Å². The van der Waals surface area contributed by atoms with Gasteiger partial charge in [0.25, 0.3) is 5.91 Å². The van der Waals surface area contributed by atoms with Crippen molar-refractivity contribution >= 4 is 23.3 Å². The van der Waals surface area contributed by atoms with Gasteiger partial charge in [-0.05, 0) is 54.7 Å². The maximum Gasteiger partial charge on any atom is 0.319 e. The Hall–Kier alpha value is -3.80. The van der Waals surface area contributed by atoms with Crippen molar-refractivity contribution in [2.24, 2.45) is 0 Å². The first-order valence-corrected chi connectivity index (χ1v) is 10.4. The van der Waals surface area contributed by atoms with E-state index >= 15 is 0 Å². The second-order valence-electron chi connectivity index (χ2n) is 7.47. The highest BCUT2D eigenvalue weighted by molar-refractivity contribution is 5.92. The van der Waals surface area contributed by atoms with Gasteiger partial charge in [0.2, 0.25) is 0 Å². The predicted molar refractivity (Wildman–Crippen MR) is 121 cm³/mol. The van der Waals surface area contributed by atoms with Crippen LogP contribution >= 0.6 is 0 Å². The summed E-state index contributed by atoms with van der Waals surface area (Å²) in [5.74, 6) is 0.252. The van der Waals surface area contributed by atoms with Crippen molar-refractivity contribution in [1.82, 2.24) is 5.32 Å². The van der Waals surface area contributed by atoms with Crippen molar-refractivity contribution in [2.45, 2.75) is 25.3 Å². The van der Waals surface area contributed by atoms with Crippen molar-refractivity contribution in [1.29, 1.82) is 0 Å². The second-order valence-corrected chi connectivity index (χ2v) is 7.47. The molecule has 6 nitrogen and oxygen atoms in total. The maximum absolute atomic E-state index is 12.5. The third-order valence-electron chi connectivity index (χ3n) is 5.19. The maximum atomic E-state index is 12.5. The topological polar surface area (TPSA) is 79.5 Å². The summed E-state index contributed by atoms with van der Waals surface area (Å²) in [7, 11) is 0. The summed E-state index contributed by atoms with van der Waals surface area (Å²) in [6.45, 7) is -0.122. The average molecular weight is 415 g/mol. The first-order chi connectivity index (χ1) is 15.2. The molecule has 1 atom stereocenters. The van der Waals surface area contributed by atoms with Crippen molar-refractivity contribution in [3.63, 3.8) is 0 Å². The fourth-order valence-corrected chi connectivity index (χ4v) is 3.76. The van der Waals surface area contributed by atoms with Crippen LogP contribution in [0.2, 0.25) is 0 Å². The molecule has 0 bridgehead atoms. The number of nitrogens with one attached hydrogen (secondary N) is 3. The summed E-state index contributed by atoms with van der Waals surface area (Å²) >= 11 is 0. The highest BCUT2D eigenvalue weighted by Crippen LogP contribution is 2.29. The molecule has 0 aliphatic heterocycles. The Morgan fingerprint density at radius 3 is 2.52 bits per heavy atom. The number of urea groups is 1. The molecule has 0 unspecified atom stereocenters. The molecule has 0 spiro atoms. The zero-order valence-corrected chi connectivity index (χ0v) is 17.1. The lowest BCUT2D eigenvalue weighted by atomic mass is 9.88. The SMILES string of the molecule is O=C(COc1cccc(NC(=O)N[C@H]2CCCc3ccccc32)c1)Nc1ccccc1. The van der Waals surface area contributed by atoms with Crippen molar-refractivity contribution in [2.75, 3.05) is 17.2 Å². The van der Waals surface area contributed by atoms with Crippen LogP contribution in [-0.4, -0.2) is 18.5 Å². The van der Waals surface area contributed by atoms with E-state index in [0.29, 0.717) is 17.1 Å². The zero-order valence-electron chi connectivity index (χ0n) is 17.1. The number of carbonyl (C=O) groups excluding carboxylic acids is 2. The summed E-state index contributed by atoms with van der Waals surface area (Å²) in [6.07, 6.45) is 3.02. The Labute approximate surface area is 181 Å². The number of para-hydroxylation sites is 1. The van der Waals surface area contributed by atoms with E-state index in [-0.39, 0.29) is 24.6 Å². The standard InChI is InChI=1S/C25H25N3O3/c29-24(26-19-10-2-1-3-11-19)17-31-21-13-7-12-20(16-21)27-25(30)28-23-15-6-9-18-8-4-5-14-22(18)23/h1-5,7-8,10-14,16,23H,6,9,15,17H2,(H,26,29)(H2,27,28,30)/t23-/m0/s1. The molecule has 158 valence electrons. The molecule has 0 saturated heterocycles. The second kappa shape index (κ2) is 9.80. The minimum atomic E-state index is -0.263. The van der Waals surface area contributed by atoms with Crippen molar-refractivity contribution < 1.29 is 14.3 Å². The van der Waals surface area contributed by atoms with Crippen LogP contribution in [0.1, 0.15) is 30.0 Å². The van der Waals surface area contributed by atoms with Crippen LogP contribution in [-0.2, 0) is 11.2 Å². The highest BCUT2D eigenvalue weighted by atomic mass is 16.5. The smallest absolute Gasteiger partial charge is 0.319 e. The van der Waals surface area contributed by atoms with E-state index in [4.69, 9.17) is 4.74 Å². The predicted octanol–water partition coefficient (Wildman–Crippen LogP) is 4.90. The highest BCUT2D eigenvalue weighted by Gasteiger charge is 2.21. The van der Waals surface area contributed by atoms with E-state index in [2.05, 4.69) is 28.1 Å². The van der Waals surface area contributed by atoms with Crippen LogP contribution in [0.4, 0.5) is 16.2 Å². The fourth-order valence-electron chi connectivity index (χ4n) is 3.76. The van der Waals surface area contributed by atoms with E-state index in [1.54, 1.807) is 24.3 Å². The van der Waals surface area contributed by atoms with Crippen molar-refractivity contribution in [3.05, 3.63) is 90.0 Å². The number of anilines is 2. The lowest BCUT2D eigenvalue weighted by molar-refractivity contribution is -0.118. The third kappa shape index (κ3) is 5.63. The molecular weight excluding hydrogens is 390 g/mol. The number of hydrogen-bond donors (Lipinski definition) is 3. The average Bonchev–Trinajstić information content (AvgIpc) is 2.79. The molecule has 3 aromatic carbocycles. The normalized spacial score (nSPS) is 14.8. The molecule has 3 N–H and O–H groups in total. The van der Waals surface area contributed by atoms with Crippen LogP contribution in [0.3, 0.4) is 0 Å². The minimum absolute atomic E-state index is 0.00562. The van der Waals surface area contributed by atoms with Gasteiger partial charge in [0, 0.05) is 17.4 Å². The van der Waals surface area contributed by atoms with Gasteiger partial charge in [0.1, 0.15) is 5.75 Å². The molecule has 31 heavy (non-hydrogen) atoms. The van der Waals surface area contributed by atoms with E-state index in [0.717, 1.165) is 19.3 Å². The van der Waals surface area contributed by atoms with Crippen molar-refractivity contribution in [3.8, 4) is 5.75 Å². The van der Waals surface area contributed by atoms with E-state index < -0.39 is 0 Å². The molecular formula is C25H25N3O3. The number of aryl methyl sites for hydroxylation is 1. The zero-order chi connectivity index (χ0) is 21.5.